The Kier molecular flexibility index (Phi) is 4.22. The minimum absolute atomic E-state index is 0.178. The van der Waals surface area contributed by atoms with Crippen LogP contribution in [0.5, 0.6) is 0 Å². The van der Waals surface area contributed by atoms with E-state index in [1.165, 1.54) is 6.07 Å². The van der Waals surface area contributed by atoms with E-state index in [0.29, 0.717) is 23.6 Å². The highest BCUT2D eigenvalue weighted by atomic mass is 19.2. The first-order valence-corrected chi connectivity index (χ1v) is 7.30. The van der Waals surface area contributed by atoms with Gasteiger partial charge in [-0.25, -0.2) is 8.78 Å². The molecule has 2 atom stereocenters. The van der Waals surface area contributed by atoms with Crippen LogP contribution in [0.2, 0.25) is 0 Å². The van der Waals surface area contributed by atoms with Crippen LogP contribution >= 0.6 is 0 Å². The first-order valence-electron chi connectivity index (χ1n) is 7.30. The lowest BCUT2D eigenvalue weighted by atomic mass is 10.1. The second-order valence-corrected chi connectivity index (χ2v) is 5.76. The quantitative estimate of drug-likeness (QED) is 0.872. The standard InChI is InChI=1S/C16H18F2N2O2/c1-10-7-20(8-11(2)21-10)9-13-6-16(19-22-13)12-3-4-14(17)15(18)5-12/h3-6,10-11H,7-9H2,1-2H3. The first-order chi connectivity index (χ1) is 10.5. The number of halogens is 2. The van der Waals surface area contributed by atoms with Crippen LogP contribution < -0.4 is 0 Å². The van der Waals surface area contributed by atoms with E-state index in [-0.39, 0.29) is 12.2 Å². The van der Waals surface area contributed by atoms with Crippen molar-refractivity contribution in [3.8, 4) is 11.3 Å². The number of rotatable bonds is 3. The van der Waals surface area contributed by atoms with E-state index in [0.717, 1.165) is 25.2 Å². The average molecular weight is 308 g/mol. The molecule has 1 aromatic heterocycles. The number of aromatic nitrogens is 1. The van der Waals surface area contributed by atoms with E-state index in [4.69, 9.17) is 9.26 Å². The van der Waals surface area contributed by atoms with Gasteiger partial charge in [-0.15, -0.1) is 0 Å². The summed E-state index contributed by atoms with van der Waals surface area (Å²) in [5, 5.41) is 3.94. The van der Waals surface area contributed by atoms with Gasteiger partial charge in [0.15, 0.2) is 17.4 Å². The highest BCUT2D eigenvalue weighted by Crippen LogP contribution is 2.22. The van der Waals surface area contributed by atoms with E-state index in [9.17, 15) is 8.78 Å². The van der Waals surface area contributed by atoms with E-state index >= 15 is 0 Å². The number of morpholine rings is 1. The fourth-order valence-corrected chi connectivity index (χ4v) is 2.81. The van der Waals surface area contributed by atoms with Crippen molar-refractivity contribution in [2.75, 3.05) is 13.1 Å². The van der Waals surface area contributed by atoms with E-state index < -0.39 is 11.6 Å². The second kappa shape index (κ2) is 6.14. The normalized spacial score (nSPS) is 22.9. The summed E-state index contributed by atoms with van der Waals surface area (Å²) in [6.07, 6.45) is 0.356. The fraction of sp³-hybridized carbons (Fsp3) is 0.438. The largest absolute Gasteiger partial charge is 0.373 e. The van der Waals surface area contributed by atoms with Crippen molar-refractivity contribution in [2.45, 2.75) is 32.6 Å². The molecule has 118 valence electrons. The van der Waals surface area contributed by atoms with Crippen LogP contribution in [0.25, 0.3) is 11.3 Å². The van der Waals surface area contributed by atoms with Crippen LogP contribution in [0.15, 0.2) is 28.8 Å². The maximum Gasteiger partial charge on any atom is 0.159 e. The summed E-state index contributed by atoms with van der Waals surface area (Å²) in [5.41, 5.74) is 1.00. The second-order valence-electron chi connectivity index (χ2n) is 5.76. The summed E-state index contributed by atoms with van der Waals surface area (Å²) in [6, 6.07) is 5.45. The van der Waals surface area contributed by atoms with E-state index in [2.05, 4.69) is 10.1 Å². The van der Waals surface area contributed by atoms with Gasteiger partial charge in [-0.3, -0.25) is 4.90 Å². The molecular weight excluding hydrogens is 290 g/mol. The third-order valence-electron chi connectivity index (χ3n) is 3.65. The molecule has 2 aromatic rings. The topological polar surface area (TPSA) is 38.5 Å². The SMILES string of the molecule is CC1CN(Cc2cc(-c3ccc(F)c(F)c3)no2)CC(C)O1. The molecule has 1 saturated heterocycles. The molecule has 0 saturated carbocycles. The molecule has 1 aliphatic heterocycles. The van der Waals surface area contributed by atoms with Gasteiger partial charge >= 0.3 is 0 Å². The van der Waals surface area contributed by atoms with Crippen molar-refractivity contribution < 1.29 is 18.0 Å². The van der Waals surface area contributed by atoms with Crippen LogP contribution in [0, 0.1) is 11.6 Å². The van der Waals surface area contributed by atoms with Crippen molar-refractivity contribution >= 4 is 0 Å². The monoisotopic (exact) mass is 308 g/mol. The predicted molar refractivity (Wildman–Crippen MR) is 77.1 cm³/mol. The lowest BCUT2D eigenvalue weighted by Gasteiger charge is -2.34. The summed E-state index contributed by atoms with van der Waals surface area (Å²) < 4.78 is 37.2. The number of hydrogen-bond acceptors (Lipinski definition) is 4. The van der Waals surface area contributed by atoms with Crippen molar-refractivity contribution in [3.63, 3.8) is 0 Å². The zero-order chi connectivity index (χ0) is 15.7. The van der Waals surface area contributed by atoms with Crippen LogP contribution in [-0.4, -0.2) is 35.4 Å². The Labute approximate surface area is 127 Å². The molecule has 0 spiro atoms. The van der Waals surface area contributed by atoms with Crippen molar-refractivity contribution in [2.24, 2.45) is 0 Å². The Balaban J connectivity index is 1.72. The zero-order valence-electron chi connectivity index (χ0n) is 12.6. The molecule has 22 heavy (non-hydrogen) atoms. The van der Waals surface area contributed by atoms with Gasteiger partial charge < -0.3 is 9.26 Å². The Morgan fingerprint density at radius 2 is 1.86 bits per heavy atom. The third-order valence-corrected chi connectivity index (χ3v) is 3.65. The van der Waals surface area contributed by atoms with Crippen molar-refractivity contribution in [1.29, 1.82) is 0 Å². The summed E-state index contributed by atoms with van der Waals surface area (Å²) in [6.45, 7) is 6.34. The van der Waals surface area contributed by atoms with Crippen LogP contribution in [0.1, 0.15) is 19.6 Å². The maximum atomic E-state index is 13.3. The Morgan fingerprint density at radius 1 is 1.14 bits per heavy atom. The Morgan fingerprint density at radius 3 is 2.55 bits per heavy atom. The van der Waals surface area contributed by atoms with Crippen LogP contribution in [0.4, 0.5) is 8.78 Å². The molecule has 1 aliphatic rings. The Bertz CT molecular complexity index is 649. The van der Waals surface area contributed by atoms with Gasteiger partial charge in [0.2, 0.25) is 0 Å². The summed E-state index contributed by atoms with van der Waals surface area (Å²) in [5.74, 6) is -1.07. The van der Waals surface area contributed by atoms with Gasteiger partial charge in [-0.1, -0.05) is 5.16 Å². The molecular formula is C16H18F2N2O2. The minimum Gasteiger partial charge on any atom is -0.373 e. The van der Waals surface area contributed by atoms with Gasteiger partial charge in [0.25, 0.3) is 0 Å². The predicted octanol–water partition coefficient (Wildman–Crippen LogP) is 3.23. The zero-order valence-corrected chi connectivity index (χ0v) is 12.6. The number of hydrogen-bond donors (Lipinski definition) is 0. The number of benzene rings is 1. The lowest BCUT2D eigenvalue weighted by molar-refractivity contribution is -0.0721. The van der Waals surface area contributed by atoms with Gasteiger partial charge in [0, 0.05) is 24.7 Å². The highest BCUT2D eigenvalue weighted by molar-refractivity contribution is 5.58. The molecule has 0 radical (unpaired) electrons. The number of ether oxygens (including phenoxy) is 1. The van der Waals surface area contributed by atoms with Crippen molar-refractivity contribution in [3.05, 3.63) is 41.7 Å². The van der Waals surface area contributed by atoms with E-state index in [1.807, 2.05) is 13.8 Å². The molecule has 4 nitrogen and oxygen atoms in total. The van der Waals surface area contributed by atoms with Gasteiger partial charge in [-0.2, -0.15) is 0 Å². The molecule has 0 N–H and O–H groups in total. The molecule has 1 fully saturated rings. The summed E-state index contributed by atoms with van der Waals surface area (Å²) in [4.78, 5) is 2.23. The molecule has 0 bridgehead atoms. The molecule has 0 aliphatic carbocycles. The third kappa shape index (κ3) is 3.34. The molecule has 1 aromatic carbocycles. The maximum absolute atomic E-state index is 13.3. The molecule has 0 amide bonds. The average Bonchev–Trinajstić information content (AvgIpc) is 2.89. The molecule has 2 heterocycles. The lowest BCUT2D eigenvalue weighted by Crippen LogP contribution is -2.44. The minimum atomic E-state index is -0.891. The van der Waals surface area contributed by atoms with Crippen LogP contribution in [-0.2, 0) is 11.3 Å². The summed E-state index contributed by atoms with van der Waals surface area (Å²) >= 11 is 0. The van der Waals surface area contributed by atoms with Crippen molar-refractivity contribution in [1.82, 2.24) is 10.1 Å². The smallest absolute Gasteiger partial charge is 0.159 e. The molecule has 3 rings (SSSR count). The molecule has 6 heteroatoms. The van der Waals surface area contributed by atoms with Gasteiger partial charge in [0.1, 0.15) is 5.69 Å². The number of nitrogens with zero attached hydrogens (tertiary/aromatic N) is 2. The Hall–Kier alpha value is -1.79. The summed E-state index contributed by atoms with van der Waals surface area (Å²) in [7, 11) is 0. The van der Waals surface area contributed by atoms with E-state index in [1.54, 1.807) is 6.07 Å². The van der Waals surface area contributed by atoms with Gasteiger partial charge in [-0.05, 0) is 32.0 Å². The highest BCUT2D eigenvalue weighted by Gasteiger charge is 2.23. The van der Waals surface area contributed by atoms with Crippen LogP contribution in [0.3, 0.4) is 0 Å². The van der Waals surface area contributed by atoms with Gasteiger partial charge in [0.05, 0.1) is 18.8 Å². The fourth-order valence-electron chi connectivity index (χ4n) is 2.81. The first kappa shape index (κ1) is 15.1. The molecule has 2 unspecified atom stereocenters.